The molecule has 6 heteroatoms. The van der Waals surface area contributed by atoms with Crippen molar-refractivity contribution in [1.82, 2.24) is 0 Å². The summed E-state index contributed by atoms with van der Waals surface area (Å²) in [5, 5.41) is 8.18. The van der Waals surface area contributed by atoms with Crippen LogP contribution in [0.25, 0.3) is 0 Å². The van der Waals surface area contributed by atoms with Crippen LogP contribution >= 0.6 is 0 Å². The summed E-state index contributed by atoms with van der Waals surface area (Å²) in [7, 11) is 0.405. The molecule has 0 atom stereocenters. The summed E-state index contributed by atoms with van der Waals surface area (Å²) in [6.45, 7) is 0. The lowest BCUT2D eigenvalue weighted by molar-refractivity contribution is -0.137. The second-order valence-electron chi connectivity index (χ2n) is 2.25. The summed E-state index contributed by atoms with van der Waals surface area (Å²) >= 11 is 0. The Morgan fingerprint density at radius 1 is 1.15 bits per heavy atom. The summed E-state index contributed by atoms with van der Waals surface area (Å²) in [5.74, 6) is 0.149. The van der Waals surface area contributed by atoms with Crippen LogP contribution in [0, 0.1) is 0 Å². The van der Waals surface area contributed by atoms with Gasteiger partial charge in [0.05, 0.1) is 5.56 Å². The van der Waals surface area contributed by atoms with E-state index in [2.05, 4.69) is 4.65 Å². The van der Waals surface area contributed by atoms with Crippen molar-refractivity contribution in [2.45, 2.75) is 6.18 Å². The first-order chi connectivity index (χ1) is 6.04. The van der Waals surface area contributed by atoms with Gasteiger partial charge >= 0.3 is 13.9 Å². The Labute approximate surface area is 73.3 Å². The van der Waals surface area contributed by atoms with Crippen molar-refractivity contribution in [3.63, 3.8) is 0 Å². The molecule has 0 heterocycles. The Kier molecular flexibility index (Phi) is 2.82. The van der Waals surface area contributed by atoms with Crippen LogP contribution in [0.4, 0.5) is 13.2 Å². The molecule has 1 aromatic rings. The van der Waals surface area contributed by atoms with Gasteiger partial charge in [-0.2, -0.15) is 13.2 Å². The van der Waals surface area contributed by atoms with E-state index >= 15 is 0 Å². The topological polar surface area (TPSA) is 29.5 Å². The van der Waals surface area contributed by atoms with Gasteiger partial charge in [0.15, 0.2) is 0 Å². The first kappa shape index (κ1) is 9.92. The maximum absolute atomic E-state index is 12.0. The van der Waals surface area contributed by atoms with Gasteiger partial charge in [0.1, 0.15) is 5.75 Å². The highest BCUT2D eigenvalue weighted by atomic mass is 19.4. The zero-order valence-corrected chi connectivity index (χ0v) is 6.38. The molecule has 0 spiro atoms. The van der Waals surface area contributed by atoms with Crippen LogP contribution < -0.4 is 4.65 Å². The minimum Gasteiger partial charge on any atom is -0.537 e. The van der Waals surface area contributed by atoms with Crippen molar-refractivity contribution in [2.75, 3.05) is 0 Å². The predicted octanol–water partition coefficient (Wildman–Crippen LogP) is 1.61. The fraction of sp³-hybridized carbons (Fsp3) is 0.143. The number of rotatable bonds is 2. The van der Waals surface area contributed by atoms with Gasteiger partial charge in [-0.1, -0.05) is 0 Å². The molecule has 1 aromatic carbocycles. The molecule has 13 heavy (non-hydrogen) atoms. The number of benzene rings is 1. The van der Waals surface area contributed by atoms with Crippen LogP contribution in [0.5, 0.6) is 5.75 Å². The smallest absolute Gasteiger partial charge is 0.537 e. The van der Waals surface area contributed by atoms with E-state index < -0.39 is 11.7 Å². The maximum atomic E-state index is 12.0. The highest BCUT2D eigenvalue weighted by Gasteiger charge is 2.29. The highest BCUT2D eigenvalue weighted by molar-refractivity contribution is 6.17. The van der Waals surface area contributed by atoms with E-state index in [0.717, 1.165) is 24.3 Å². The van der Waals surface area contributed by atoms with Crippen molar-refractivity contribution < 1.29 is 22.8 Å². The number of hydrogen-bond acceptors (Lipinski definition) is 2. The molecule has 2 nitrogen and oxygen atoms in total. The van der Waals surface area contributed by atoms with Gasteiger partial charge in [-0.3, -0.25) is 0 Å². The van der Waals surface area contributed by atoms with Gasteiger partial charge in [0.25, 0.3) is 0 Å². The Balaban J connectivity index is 2.81. The first-order valence-electron chi connectivity index (χ1n) is 3.34. The second-order valence-corrected chi connectivity index (χ2v) is 2.25. The fourth-order valence-electron chi connectivity index (χ4n) is 0.783. The number of alkyl halides is 3. The quantitative estimate of drug-likeness (QED) is 0.716. The van der Waals surface area contributed by atoms with E-state index in [-0.39, 0.29) is 5.75 Å². The number of hydrogen-bond donors (Lipinski definition) is 1. The zero-order chi connectivity index (χ0) is 9.90. The van der Waals surface area contributed by atoms with Crippen LogP contribution in [0.15, 0.2) is 24.3 Å². The van der Waals surface area contributed by atoms with Crippen LogP contribution in [-0.4, -0.2) is 12.7 Å². The Morgan fingerprint density at radius 2 is 1.69 bits per heavy atom. The lowest BCUT2D eigenvalue weighted by atomic mass is 10.2. The summed E-state index contributed by atoms with van der Waals surface area (Å²) < 4.78 is 40.5. The normalized spacial score (nSPS) is 11.1. The van der Waals surface area contributed by atoms with Crippen molar-refractivity contribution in [1.29, 1.82) is 0 Å². The van der Waals surface area contributed by atoms with Crippen molar-refractivity contribution in [3.05, 3.63) is 29.8 Å². The van der Waals surface area contributed by atoms with Crippen molar-refractivity contribution >= 4 is 7.69 Å². The van der Waals surface area contributed by atoms with Gasteiger partial charge < -0.3 is 9.68 Å². The molecule has 1 rings (SSSR count). The van der Waals surface area contributed by atoms with E-state index in [1.807, 2.05) is 0 Å². The second kappa shape index (κ2) is 3.70. The third-order valence-corrected chi connectivity index (χ3v) is 1.37. The molecule has 0 saturated carbocycles. The van der Waals surface area contributed by atoms with Crippen molar-refractivity contribution in [2.24, 2.45) is 0 Å². The predicted molar refractivity (Wildman–Crippen MR) is 40.0 cm³/mol. The number of halogens is 3. The molecule has 0 bridgehead atoms. The third kappa shape index (κ3) is 2.66. The summed E-state index contributed by atoms with van der Waals surface area (Å²) in [4.78, 5) is 0. The summed E-state index contributed by atoms with van der Waals surface area (Å²) in [6, 6.07) is 3.99. The molecule has 0 aliphatic carbocycles. The maximum Gasteiger partial charge on any atom is 0.569 e. The molecular formula is C7H5BF3O2. The third-order valence-electron chi connectivity index (χ3n) is 1.37. The van der Waals surface area contributed by atoms with Crippen LogP contribution in [0.2, 0.25) is 0 Å². The highest BCUT2D eigenvalue weighted by Crippen LogP contribution is 2.30. The molecule has 0 amide bonds. The van der Waals surface area contributed by atoms with Gasteiger partial charge in [-0.25, -0.2) is 0 Å². The molecule has 0 saturated heterocycles. The lowest BCUT2D eigenvalue weighted by Crippen LogP contribution is -2.05. The molecule has 1 N–H and O–H groups in total. The SMILES string of the molecule is O[B]Oc1ccc(C(F)(F)F)cc1. The monoisotopic (exact) mass is 189 g/mol. The molecule has 0 unspecified atom stereocenters. The molecular weight excluding hydrogens is 184 g/mol. The molecule has 69 valence electrons. The average Bonchev–Trinajstić information content (AvgIpc) is 2.04. The van der Waals surface area contributed by atoms with Crippen LogP contribution in [0.1, 0.15) is 5.56 Å². The largest absolute Gasteiger partial charge is 0.569 e. The molecule has 0 fully saturated rings. The van der Waals surface area contributed by atoms with Gasteiger partial charge in [0.2, 0.25) is 0 Å². The van der Waals surface area contributed by atoms with E-state index in [4.69, 9.17) is 5.02 Å². The van der Waals surface area contributed by atoms with E-state index in [0.29, 0.717) is 7.69 Å². The summed E-state index contributed by atoms with van der Waals surface area (Å²) in [5.41, 5.74) is -0.752. The van der Waals surface area contributed by atoms with E-state index in [1.165, 1.54) is 0 Å². The molecule has 0 aromatic heterocycles. The van der Waals surface area contributed by atoms with E-state index in [9.17, 15) is 13.2 Å². The van der Waals surface area contributed by atoms with Crippen molar-refractivity contribution in [3.8, 4) is 5.75 Å². The standard InChI is InChI=1S/C7H5BF3O2/c9-7(10,11)5-1-3-6(4-2-5)13-8-12/h1-4,12H. The van der Waals surface area contributed by atoms with E-state index in [1.54, 1.807) is 0 Å². The van der Waals surface area contributed by atoms with Gasteiger partial charge in [-0.05, 0) is 24.3 Å². The Hall–Kier alpha value is -1.17. The van der Waals surface area contributed by atoms with Crippen LogP contribution in [-0.2, 0) is 6.18 Å². The van der Waals surface area contributed by atoms with Crippen LogP contribution in [0.3, 0.4) is 0 Å². The first-order valence-corrected chi connectivity index (χ1v) is 3.34. The van der Waals surface area contributed by atoms with Gasteiger partial charge in [-0.15, -0.1) is 0 Å². The fourth-order valence-corrected chi connectivity index (χ4v) is 0.783. The van der Waals surface area contributed by atoms with Gasteiger partial charge in [0, 0.05) is 0 Å². The minimum absolute atomic E-state index is 0.149. The Bertz CT molecular complexity index is 270. The molecule has 0 aliphatic heterocycles. The molecule has 1 radical (unpaired) electrons. The average molecular weight is 189 g/mol. The zero-order valence-electron chi connectivity index (χ0n) is 6.38. The lowest BCUT2D eigenvalue weighted by Gasteiger charge is -2.07. The Morgan fingerprint density at radius 3 is 2.08 bits per heavy atom. The molecule has 0 aliphatic rings. The minimum atomic E-state index is -4.35. The summed E-state index contributed by atoms with van der Waals surface area (Å²) in [6.07, 6.45) is -4.35.